The van der Waals surface area contributed by atoms with Gasteiger partial charge in [0.1, 0.15) is 5.58 Å². The van der Waals surface area contributed by atoms with E-state index in [1.807, 2.05) is 48.5 Å². The second-order valence-corrected chi connectivity index (χ2v) is 7.94. The van der Waals surface area contributed by atoms with Gasteiger partial charge in [0.25, 0.3) is 5.91 Å². The normalized spacial score (nSPS) is 23.8. The van der Waals surface area contributed by atoms with Gasteiger partial charge in [-0.3, -0.25) is 4.79 Å². The molecule has 3 aliphatic rings. The van der Waals surface area contributed by atoms with E-state index in [-0.39, 0.29) is 18.6 Å². The molecule has 0 spiro atoms. The van der Waals surface area contributed by atoms with Crippen LogP contribution in [0.1, 0.15) is 29.0 Å². The largest absolute Gasteiger partial charge is 0.451 e. The summed E-state index contributed by atoms with van der Waals surface area (Å²) >= 11 is 0. The van der Waals surface area contributed by atoms with Crippen molar-refractivity contribution in [3.8, 4) is 11.1 Å². The average molecular weight is 376 g/mol. The Labute approximate surface area is 164 Å². The van der Waals surface area contributed by atoms with Crippen molar-refractivity contribution in [1.29, 1.82) is 0 Å². The molecule has 0 radical (unpaired) electrons. The van der Waals surface area contributed by atoms with Crippen LogP contribution in [0, 0.1) is 5.92 Å². The predicted molar refractivity (Wildman–Crippen MR) is 108 cm³/mol. The molecule has 1 atom stereocenters. The van der Waals surface area contributed by atoms with Gasteiger partial charge >= 0.3 is 0 Å². The van der Waals surface area contributed by atoms with Crippen molar-refractivity contribution in [1.82, 2.24) is 10.2 Å². The van der Waals surface area contributed by atoms with Gasteiger partial charge in [0.15, 0.2) is 5.76 Å². The molecule has 2 bridgehead atoms. The smallest absolute Gasteiger partial charge is 0.287 e. The molecule has 3 aromatic rings. The van der Waals surface area contributed by atoms with E-state index in [0.717, 1.165) is 47.3 Å². The van der Waals surface area contributed by atoms with Crippen molar-refractivity contribution in [2.75, 3.05) is 19.6 Å². The molecule has 1 amide bonds. The van der Waals surface area contributed by atoms with Crippen LogP contribution < -0.4 is 5.32 Å². The monoisotopic (exact) mass is 376 g/mol. The Morgan fingerprint density at radius 1 is 1.07 bits per heavy atom. The van der Waals surface area contributed by atoms with Gasteiger partial charge in [-0.2, -0.15) is 0 Å². The predicted octanol–water partition coefficient (Wildman–Crippen LogP) is 3.42. The van der Waals surface area contributed by atoms with Crippen LogP contribution in [0.3, 0.4) is 0 Å². The summed E-state index contributed by atoms with van der Waals surface area (Å²) in [6.45, 7) is 3.30. The quantitative estimate of drug-likeness (QED) is 0.732. The lowest BCUT2D eigenvalue weighted by molar-refractivity contribution is 0.0607. The number of amides is 1. The highest BCUT2D eigenvalue weighted by Gasteiger charge is 2.35. The molecule has 0 saturated carbocycles. The van der Waals surface area contributed by atoms with Crippen LogP contribution in [-0.4, -0.2) is 41.6 Å². The molecule has 3 aliphatic heterocycles. The van der Waals surface area contributed by atoms with E-state index in [1.165, 1.54) is 12.8 Å². The van der Waals surface area contributed by atoms with Crippen LogP contribution in [0.25, 0.3) is 22.1 Å². The van der Waals surface area contributed by atoms with Gasteiger partial charge in [0.2, 0.25) is 0 Å². The molecule has 6 rings (SSSR count). The topological polar surface area (TPSA) is 65.7 Å². The number of hydrogen-bond acceptors (Lipinski definition) is 4. The lowest BCUT2D eigenvalue weighted by Crippen LogP contribution is -2.57. The molecule has 1 unspecified atom stereocenters. The van der Waals surface area contributed by atoms with E-state index >= 15 is 0 Å². The first-order chi connectivity index (χ1) is 13.7. The fraction of sp³-hybridized carbons (Fsp3) is 0.348. The standard InChI is InChI=1S/C23H24N2O3/c26-14-15-1-3-16(4-2-15)18-5-6-21-19(11-18)12-22(28-21)23(27)24-20-13-25-9-7-17(20)8-10-25/h1-6,11-12,17,20,26H,7-10,13-14H2,(H,24,27). The Balaban J connectivity index is 1.36. The highest BCUT2D eigenvalue weighted by atomic mass is 16.3. The summed E-state index contributed by atoms with van der Waals surface area (Å²) in [6, 6.07) is 15.8. The zero-order chi connectivity index (χ0) is 19.1. The zero-order valence-electron chi connectivity index (χ0n) is 15.7. The first-order valence-corrected chi connectivity index (χ1v) is 9.96. The second kappa shape index (κ2) is 7.08. The van der Waals surface area contributed by atoms with Crippen molar-refractivity contribution in [3.63, 3.8) is 0 Å². The number of rotatable bonds is 4. The Morgan fingerprint density at radius 3 is 2.50 bits per heavy atom. The van der Waals surface area contributed by atoms with Crippen LogP contribution in [0.4, 0.5) is 0 Å². The molecule has 5 nitrogen and oxygen atoms in total. The number of aliphatic hydroxyl groups excluding tert-OH is 1. The van der Waals surface area contributed by atoms with E-state index in [9.17, 15) is 9.90 Å². The van der Waals surface area contributed by atoms with Gasteiger partial charge in [-0.15, -0.1) is 0 Å². The van der Waals surface area contributed by atoms with Crippen LogP contribution >= 0.6 is 0 Å². The molecule has 1 aromatic heterocycles. The molecule has 2 N–H and O–H groups in total. The minimum atomic E-state index is -0.121. The summed E-state index contributed by atoms with van der Waals surface area (Å²) in [6.07, 6.45) is 2.34. The third-order valence-corrected chi connectivity index (χ3v) is 6.18. The molecule has 144 valence electrons. The molecular formula is C23H24N2O3. The summed E-state index contributed by atoms with van der Waals surface area (Å²) in [5.74, 6) is 0.842. The number of carbonyl (C=O) groups excluding carboxylic acids is 1. The van der Waals surface area contributed by atoms with Crippen molar-refractivity contribution in [3.05, 3.63) is 59.9 Å². The van der Waals surface area contributed by atoms with Gasteiger partial charge in [-0.1, -0.05) is 30.3 Å². The Kier molecular flexibility index (Phi) is 4.41. The number of nitrogens with one attached hydrogen (secondary N) is 1. The molecule has 4 heterocycles. The van der Waals surface area contributed by atoms with Gasteiger partial charge in [-0.25, -0.2) is 0 Å². The molecule has 28 heavy (non-hydrogen) atoms. The lowest BCUT2D eigenvalue weighted by atomic mass is 9.84. The average Bonchev–Trinajstić information content (AvgIpc) is 3.18. The maximum Gasteiger partial charge on any atom is 0.287 e. The van der Waals surface area contributed by atoms with Crippen molar-refractivity contribution in [2.24, 2.45) is 5.92 Å². The summed E-state index contributed by atoms with van der Waals surface area (Å²) < 4.78 is 5.82. The number of fused-ring (bicyclic) bond motifs is 4. The van der Waals surface area contributed by atoms with Gasteiger partial charge in [-0.05, 0) is 66.7 Å². The van der Waals surface area contributed by atoms with E-state index in [2.05, 4.69) is 10.2 Å². The summed E-state index contributed by atoms with van der Waals surface area (Å²) in [5, 5.41) is 13.3. The Bertz CT molecular complexity index is 1000. The van der Waals surface area contributed by atoms with E-state index < -0.39 is 0 Å². The number of carbonyl (C=O) groups is 1. The SMILES string of the molecule is O=C(NC1CN2CCC1CC2)c1cc2cc(-c3ccc(CO)cc3)ccc2o1. The molecule has 5 heteroatoms. The first-order valence-electron chi connectivity index (χ1n) is 9.96. The summed E-state index contributed by atoms with van der Waals surface area (Å²) in [5.41, 5.74) is 3.73. The number of furan rings is 1. The molecule has 2 aromatic carbocycles. The van der Waals surface area contributed by atoms with E-state index in [0.29, 0.717) is 11.7 Å². The Hall–Kier alpha value is -2.63. The minimum Gasteiger partial charge on any atom is -0.451 e. The molecule has 3 saturated heterocycles. The first kappa shape index (κ1) is 17.5. The van der Waals surface area contributed by atoms with Gasteiger partial charge in [0.05, 0.1) is 6.61 Å². The van der Waals surface area contributed by atoms with Crippen LogP contribution in [-0.2, 0) is 6.61 Å². The number of aliphatic hydroxyl groups is 1. The summed E-state index contributed by atoms with van der Waals surface area (Å²) in [7, 11) is 0. The van der Waals surface area contributed by atoms with Gasteiger partial charge in [0, 0.05) is 18.0 Å². The lowest BCUT2D eigenvalue weighted by Gasteiger charge is -2.44. The highest BCUT2D eigenvalue weighted by molar-refractivity contribution is 5.97. The fourth-order valence-electron chi connectivity index (χ4n) is 4.51. The molecular weight excluding hydrogens is 352 g/mol. The Morgan fingerprint density at radius 2 is 1.82 bits per heavy atom. The third-order valence-electron chi connectivity index (χ3n) is 6.18. The number of nitrogens with zero attached hydrogens (tertiary/aromatic N) is 1. The van der Waals surface area contributed by atoms with Crippen LogP contribution in [0.2, 0.25) is 0 Å². The second-order valence-electron chi connectivity index (χ2n) is 7.94. The van der Waals surface area contributed by atoms with Crippen molar-refractivity contribution in [2.45, 2.75) is 25.5 Å². The maximum atomic E-state index is 12.7. The molecule has 0 aliphatic carbocycles. The molecule has 3 fully saturated rings. The van der Waals surface area contributed by atoms with Crippen molar-refractivity contribution < 1.29 is 14.3 Å². The zero-order valence-corrected chi connectivity index (χ0v) is 15.7. The van der Waals surface area contributed by atoms with Gasteiger partial charge < -0.3 is 19.7 Å². The maximum absolute atomic E-state index is 12.7. The van der Waals surface area contributed by atoms with Crippen LogP contribution in [0.5, 0.6) is 0 Å². The van der Waals surface area contributed by atoms with E-state index in [4.69, 9.17) is 4.42 Å². The van der Waals surface area contributed by atoms with Crippen molar-refractivity contribution >= 4 is 16.9 Å². The van der Waals surface area contributed by atoms with Crippen LogP contribution in [0.15, 0.2) is 52.9 Å². The third kappa shape index (κ3) is 3.21. The number of benzene rings is 2. The summed E-state index contributed by atoms with van der Waals surface area (Å²) in [4.78, 5) is 15.2. The highest BCUT2D eigenvalue weighted by Crippen LogP contribution is 2.29. The number of piperidine rings is 3. The van der Waals surface area contributed by atoms with E-state index in [1.54, 1.807) is 0 Å². The fourth-order valence-corrected chi connectivity index (χ4v) is 4.51. The number of hydrogen-bond donors (Lipinski definition) is 2. The minimum absolute atomic E-state index is 0.0408.